The number of benzene rings is 1. The van der Waals surface area contributed by atoms with E-state index in [4.69, 9.17) is 4.74 Å². The molecular formula is C17H25FN2O2. The first-order valence-electron chi connectivity index (χ1n) is 8.07. The van der Waals surface area contributed by atoms with E-state index in [0.717, 1.165) is 39.0 Å². The minimum absolute atomic E-state index is 0.151. The van der Waals surface area contributed by atoms with Crippen LogP contribution in [0.25, 0.3) is 0 Å². The highest BCUT2D eigenvalue weighted by molar-refractivity contribution is 5.90. The molecule has 5 heteroatoms. The van der Waals surface area contributed by atoms with Gasteiger partial charge in [0.2, 0.25) is 5.91 Å². The van der Waals surface area contributed by atoms with Gasteiger partial charge in [-0.15, -0.1) is 0 Å². The van der Waals surface area contributed by atoms with Crippen molar-refractivity contribution in [3.63, 3.8) is 0 Å². The van der Waals surface area contributed by atoms with Crippen molar-refractivity contribution in [1.29, 1.82) is 0 Å². The van der Waals surface area contributed by atoms with Crippen molar-refractivity contribution in [3.05, 3.63) is 30.1 Å². The lowest BCUT2D eigenvalue weighted by atomic mass is 10.1. The lowest BCUT2D eigenvalue weighted by molar-refractivity contribution is -0.116. The first-order valence-corrected chi connectivity index (χ1v) is 8.07. The molecule has 1 amide bonds. The minimum atomic E-state index is -0.401. The van der Waals surface area contributed by atoms with Gasteiger partial charge in [-0.3, -0.25) is 4.79 Å². The van der Waals surface area contributed by atoms with Gasteiger partial charge in [-0.2, -0.15) is 0 Å². The van der Waals surface area contributed by atoms with Crippen LogP contribution in [0.1, 0.15) is 32.6 Å². The van der Waals surface area contributed by atoms with Crippen LogP contribution in [0.15, 0.2) is 24.3 Å². The fourth-order valence-corrected chi connectivity index (χ4v) is 2.67. The maximum Gasteiger partial charge on any atom is 0.225 e. The third-order valence-electron chi connectivity index (χ3n) is 3.82. The lowest BCUT2D eigenvalue weighted by Gasteiger charge is -2.32. The molecule has 0 spiro atoms. The van der Waals surface area contributed by atoms with E-state index in [0.29, 0.717) is 13.0 Å². The van der Waals surface area contributed by atoms with E-state index >= 15 is 0 Å². The maximum atomic E-state index is 13.5. The quantitative estimate of drug-likeness (QED) is 0.842. The zero-order chi connectivity index (χ0) is 15.8. The van der Waals surface area contributed by atoms with Crippen molar-refractivity contribution >= 4 is 11.6 Å². The molecule has 1 aromatic rings. The second-order valence-corrected chi connectivity index (χ2v) is 5.71. The molecule has 2 rings (SSSR count). The number of amides is 1. The van der Waals surface area contributed by atoms with E-state index in [1.54, 1.807) is 18.2 Å². The van der Waals surface area contributed by atoms with Crippen LogP contribution in [0.4, 0.5) is 10.1 Å². The summed E-state index contributed by atoms with van der Waals surface area (Å²) in [5.74, 6) is -0.552. The van der Waals surface area contributed by atoms with Gasteiger partial charge in [0.1, 0.15) is 5.82 Å². The molecule has 1 fully saturated rings. The van der Waals surface area contributed by atoms with Crippen molar-refractivity contribution in [2.24, 2.45) is 0 Å². The zero-order valence-corrected chi connectivity index (χ0v) is 13.2. The summed E-state index contributed by atoms with van der Waals surface area (Å²) in [6, 6.07) is 6.23. The second kappa shape index (κ2) is 8.86. The topological polar surface area (TPSA) is 41.6 Å². The van der Waals surface area contributed by atoms with Crippen LogP contribution in [0.2, 0.25) is 0 Å². The number of hydrogen-bond acceptors (Lipinski definition) is 3. The number of likely N-dealkylation sites (tertiary alicyclic amines) is 1. The van der Waals surface area contributed by atoms with Crippen LogP contribution < -0.4 is 5.32 Å². The second-order valence-electron chi connectivity index (χ2n) is 5.71. The van der Waals surface area contributed by atoms with Crippen molar-refractivity contribution in [2.75, 3.05) is 31.6 Å². The molecule has 1 aliphatic heterocycles. The third-order valence-corrected chi connectivity index (χ3v) is 3.82. The summed E-state index contributed by atoms with van der Waals surface area (Å²) in [5.41, 5.74) is 0.246. The number of para-hydroxylation sites is 1. The van der Waals surface area contributed by atoms with Gasteiger partial charge in [0.25, 0.3) is 0 Å². The fraction of sp³-hybridized carbons (Fsp3) is 0.588. The van der Waals surface area contributed by atoms with Gasteiger partial charge in [-0.25, -0.2) is 4.39 Å². The summed E-state index contributed by atoms with van der Waals surface area (Å²) < 4.78 is 19.3. The Morgan fingerprint density at radius 1 is 1.45 bits per heavy atom. The SMILES string of the molecule is CCCO[C@H]1CCCN(CCC(=O)Nc2ccccc2F)C1. The van der Waals surface area contributed by atoms with Gasteiger partial charge >= 0.3 is 0 Å². The van der Waals surface area contributed by atoms with Crippen molar-refractivity contribution in [1.82, 2.24) is 4.90 Å². The fourth-order valence-electron chi connectivity index (χ4n) is 2.67. The Balaban J connectivity index is 1.73. The van der Waals surface area contributed by atoms with Gasteiger partial charge in [0.15, 0.2) is 0 Å². The Labute approximate surface area is 131 Å². The predicted octanol–water partition coefficient (Wildman–Crippen LogP) is 3.05. The average molecular weight is 308 g/mol. The predicted molar refractivity (Wildman–Crippen MR) is 85.4 cm³/mol. The highest BCUT2D eigenvalue weighted by Crippen LogP contribution is 2.15. The van der Waals surface area contributed by atoms with Crippen LogP contribution in [0.5, 0.6) is 0 Å². The van der Waals surface area contributed by atoms with E-state index in [2.05, 4.69) is 17.1 Å². The Morgan fingerprint density at radius 3 is 3.05 bits per heavy atom. The molecule has 1 saturated heterocycles. The molecule has 0 unspecified atom stereocenters. The molecule has 1 aliphatic rings. The number of hydrogen-bond donors (Lipinski definition) is 1. The molecule has 0 saturated carbocycles. The number of carbonyl (C=O) groups excluding carboxylic acids is 1. The van der Waals surface area contributed by atoms with Crippen LogP contribution >= 0.6 is 0 Å². The van der Waals surface area contributed by atoms with Gasteiger partial charge in [-0.05, 0) is 37.9 Å². The summed E-state index contributed by atoms with van der Waals surface area (Å²) in [7, 11) is 0. The number of carbonyl (C=O) groups is 1. The molecule has 1 atom stereocenters. The Morgan fingerprint density at radius 2 is 2.27 bits per heavy atom. The number of ether oxygens (including phenoxy) is 1. The molecule has 1 heterocycles. The highest BCUT2D eigenvalue weighted by Gasteiger charge is 2.20. The summed E-state index contributed by atoms with van der Waals surface area (Å²) in [6.07, 6.45) is 3.88. The monoisotopic (exact) mass is 308 g/mol. The Bertz CT molecular complexity index is 481. The van der Waals surface area contributed by atoms with E-state index in [-0.39, 0.29) is 17.7 Å². The molecule has 1 aromatic carbocycles. The Hall–Kier alpha value is -1.46. The summed E-state index contributed by atoms with van der Waals surface area (Å²) in [6.45, 7) is 5.47. The van der Waals surface area contributed by atoms with Crippen molar-refractivity contribution < 1.29 is 13.9 Å². The molecule has 0 aromatic heterocycles. The number of halogens is 1. The lowest BCUT2D eigenvalue weighted by Crippen LogP contribution is -2.41. The van der Waals surface area contributed by atoms with Gasteiger partial charge in [0, 0.05) is 26.1 Å². The number of nitrogens with zero attached hydrogens (tertiary/aromatic N) is 1. The first kappa shape index (κ1) is 16.9. The number of rotatable bonds is 7. The van der Waals surface area contributed by atoms with Crippen molar-refractivity contribution in [3.8, 4) is 0 Å². The molecule has 1 N–H and O–H groups in total. The van der Waals surface area contributed by atoms with Gasteiger partial charge in [0.05, 0.1) is 11.8 Å². The Kier molecular flexibility index (Phi) is 6.80. The van der Waals surface area contributed by atoms with E-state index in [1.165, 1.54) is 6.07 Å². The third kappa shape index (κ3) is 5.39. The van der Waals surface area contributed by atoms with Crippen LogP contribution in [-0.4, -0.2) is 43.2 Å². The smallest absolute Gasteiger partial charge is 0.225 e. The molecule has 122 valence electrons. The number of piperidine rings is 1. The molecule has 22 heavy (non-hydrogen) atoms. The van der Waals surface area contributed by atoms with E-state index < -0.39 is 5.82 Å². The zero-order valence-electron chi connectivity index (χ0n) is 13.2. The summed E-state index contributed by atoms with van der Waals surface area (Å²) >= 11 is 0. The molecule has 4 nitrogen and oxygen atoms in total. The first-order chi connectivity index (χ1) is 10.7. The summed E-state index contributed by atoms with van der Waals surface area (Å²) in [5, 5.41) is 2.62. The molecule has 0 aliphatic carbocycles. The molecule has 0 radical (unpaired) electrons. The minimum Gasteiger partial charge on any atom is -0.377 e. The van der Waals surface area contributed by atoms with Crippen LogP contribution in [0.3, 0.4) is 0 Å². The molecular weight excluding hydrogens is 283 g/mol. The number of anilines is 1. The largest absolute Gasteiger partial charge is 0.377 e. The summed E-state index contributed by atoms with van der Waals surface area (Å²) in [4.78, 5) is 14.2. The molecule has 0 bridgehead atoms. The highest BCUT2D eigenvalue weighted by atomic mass is 19.1. The normalized spacial score (nSPS) is 19.1. The van der Waals surface area contributed by atoms with Gasteiger partial charge < -0.3 is 15.0 Å². The van der Waals surface area contributed by atoms with Crippen LogP contribution in [0, 0.1) is 5.82 Å². The van der Waals surface area contributed by atoms with Crippen molar-refractivity contribution in [2.45, 2.75) is 38.7 Å². The van der Waals surface area contributed by atoms with E-state index in [1.807, 2.05) is 0 Å². The van der Waals surface area contributed by atoms with Crippen LogP contribution in [-0.2, 0) is 9.53 Å². The van der Waals surface area contributed by atoms with E-state index in [9.17, 15) is 9.18 Å². The number of nitrogens with one attached hydrogen (secondary N) is 1. The van der Waals surface area contributed by atoms with Gasteiger partial charge in [-0.1, -0.05) is 19.1 Å². The average Bonchev–Trinajstić information content (AvgIpc) is 2.53. The standard InChI is InChI=1S/C17H25FN2O2/c1-2-12-22-14-6-5-10-20(13-14)11-9-17(21)19-16-8-4-3-7-15(16)18/h3-4,7-8,14H,2,5-6,9-13H2,1H3,(H,19,21)/t14-/m0/s1. The maximum absolute atomic E-state index is 13.5.